The number of rotatable bonds is 15. The first-order valence-electron chi connectivity index (χ1n) is 24.6. The van der Waals surface area contributed by atoms with E-state index in [0.29, 0.717) is 61.1 Å². The smallest absolute Gasteiger partial charge is 0.374 e. The van der Waals surface area contributed by atoms with Gasteiger partial charge in [-0.2, -0.15) is 18.3 Å². The van der Waals surface area contributed by atoms with E-state index in [1.54, 1.807) is 35.3 Å². The number of imide groups is 1. The van der Waals surface area contributed by atoms with Crippen molar-refractivity contribution in [3.63, 3.8) is 0 Å². The third-order valence-electron chi connectivity index (χ3n) is 14.8. The topological polar surface area (TPSA) is 157 Å². The molecule has 4 aliphatic rings. The fourth-order valence-corrected chi connectivity index (χ4v) is 10.5. The Morgan fingerprint density at radius 3 is 2.24 bits per heavy atom. The third-order valence-corrected chi connectivity index (χ3v) is 14.8. The van der Waals surface area contributed by atoms with Crippen LogP contribution in [0.1, 0.15) is 74.1 Å². The van der Waals surface area contributed by atoms with Crippen molar-refractivity contribution >= 4 is 40.8 Å². The third kappa shape index (κ3) is 12.5. The summed E-state index contributed by atoms with van der Waals surface area (Å²) in [4.78, 5) is 61.8. The van der Waals surface area contributed by atoms with E-state index in [0.717, 1.165) is 100 Å². The molecule has 2 aromatic heterocycles. The molecule has 374 valence electrons. The number of nitrogens with zero attached hydrogens (tertiary/aromatic N) is 6. The molecule has 0 bridgehead atoms. The number of alkyl halides is 3. The van der Waals surface area contributed by atoms with Gasteiger partial charge in [0.05, 0.1) is 17.4 Å². The number of aromatic nitrogens is 3. The first kappa shape index (κ1) is 49.3. The number of benzene rings is 3. The number of hydrogen-bond acceptors (Lipinski definition) is 10. The summed E-state index contributed by atoms with van der Waals surface area (Å²) in [6.45, 7) is 6.64. The molecule has 71 heavy (non-hydrogen) atoms. The Morgan fingerprint density at radius 2 is 1.56 bits per heavy atom. The second-order valence-electron chi connectivity index (χ2n) is 19.5. The van der Waals surface area contributed by atoms with Gasteiger partial charge in [0.15, 0.2) is 0 Å². The van der Waals surface area contributed by atoms with Gasteiger partial charge < -0.3 is 30.7 Å². The molecular formula is C53H60F4N10O4. The second-order valence-corrected chi connectivity index (χ2v) is 19.5. The number of piperidine rings is 4. The molecule has 14 nitrogen and oxygen atoms in total. The van der Waals surface area contributed by atoms with Crippen LogP contribution in [0.25, 0.3) is 11.1 Å². The van der Waals surface area contributed by atoms with Gasteiger partial charge in [0, 0.05) is 74.9 Å². The minimum atomic E-state index is -4.40. The van der Waals surface area contributed by atoms with E-state index < -0.39 is 23.8 Å². The molecule has 9 rings (SSSR count). The lowest BCUT2D eigenvalue weighted by molar-refractivity contribution is -0.138. The van der Waals surface area contributed by atoms with E-state index in [9.17, 15) is 32.3 Å². The van der Waals surface area contributed by atoms with Gasteiger partial charge in [-0.25, -0.2) is 9.37 Å². The van der Waals surface area contributed by atoms with Crippen LogP contribution in [-0.2, 0) is 38.3 Å². The van der Waals surface area contributed by atoms with Crippen molar-refractivity contribution < 1.29 is 36.7 Å². The monoisotopic (exact) mass is 976 g/mol. The fraction of sp³-hybridized carbons (Fsp3) is 0.434. The Kier molecular flexibility index (Phi) is 15.1. The van der Waals surface area contributed by atoms with Gasteiger partial charge >= 0.3 is 6.18 Å². The summed E-state index contributed by atoms with van der Waals surface area (Å²) in [6, 6.07) is 21.5. The highest BCUT2D eigenvalue weighted by Gasteiger charge is 2.39. The number of halogens is 4. The van der Waals surface area contributed by atoms with Crippen LogP contribution in [0.2, 0.25) is 0 Å². The van der Waals surface area contributed by atoms with Crippen molar-refractivity contribution in [3.05, 3.63) is 126 Å². The molecule has 3 aromatic carbocycles. The van der Waals surface area contributed by atoms with Crippen molar-refractivity contribution in [3.8, 4) is 11.1 Å². The van der Waals surface area contributed by atoms with Crippen LogP contribution >= 0.6 is 0 Å². The molecule has 0 radical (unpaired) electrons. The van der Waals surface area contributed by atoms with Gasteiger partial charge in [-0.15, -0.1) is 0 Å². The van der Waals surface area contributed by atoms with Crippen LogP contribution in [0.15, 0.2) is 104 Å². The zero-order chi connectivity index (χ0) is 49.5. The predicted octanol–water partition coefficient (Wildman–Crippen LogP) is 7.45. The number of nitrogens with one attached hydrogen (secondary N) is 4. The molecule has 4 amide bonds. The van der Waals surface area contributed by atoms with Gasteiger partial charge in [-0.1, -0.05) is 42.5 Å². The summed E-state index contributed by atoms with van der Waals surface area (Å²) < 4.78 is 56.0. The Bertz CT molecular complexity index is 2640. The zero-order valence-electron chi connectivity index (χ0n) is 39.6. The normalized spacial score (nSPS) is 19.4. The number of anilines is 3. The van der Waals surface area contributed by atoms with E-state index >= 15 is 4.39 Å². The molecule has 4 fully saturated rings. The van der Waals surface area contributed by atoms with E-state index in [1.165, 1.54) is 18.2 Å². The van der Waals surface area contributed by atoms with Gasteiger partial charge in [-0.3, -0.25) is 29.2 Å². The van der Waals surface area contributed by atoms with E-state index in [4.69, 9.17) is 0 Å². The minimum Gasteiger partial charge on any atom is -0.374 e. The highest BCUT2D eigenvalue weighted by molar-refractivity contribution is 6.01. The maximum atomic E-state index is 15.3. The summed E-state index contributed by atoms with van der Waals surface area (Å²) in [5, 5.41) is 16.0. The SMILES string of the molecule is O=C1CCC(Nc2ccc(N3CCC4(CCN(CC5CCN(C(=O)Cn6cc(-c7ccc(NC(=O)[C@H](NCCc8ccc(C(F)(F)F)cc8)c8ccccc8)nc7)cn6)CC5)CC4)CC3)c(F)c2)C(=O)N1. The number of carbonyl (C=O) groups is 4. The Morgan fingerprint density at radius 1 is 0.831 bits per heavy atom. The molecular weight excluding hydrogens is 917 g/mol. The number of pyridine rings is 1. The van der Waals surface area contributed by atoms with Crippen LogP contribution in [0.4, 0.5) is 34.8 Å². The lowest BCUT2D eigenvalue weighted by atomic mass is 9.71. The zero-order valence-corrected chi connectivity index (χ0v) is 39.6. The number of amides is 4. The maximum Gasteiger partial charge on any atom is 0.416 e. The molecule has 4 saturated heterocycles. The molecule has 0 aliphatic carbocycles. The van der Waals surface area contributed by atoms with Crippen LogP contribution in [0.5, 0.6) is 0 Å². The van der Waals surface area contributed by atoms with Crippen LogP contribution < -0.4 is 26.2 Å². The number of likely N-dealkylation sites (tertiary alicyclic amines) is 2. The standard InChI is InChI=1S/C53H60F4N10O4/c54-43-30-42(61-44-12-15-47(68)63-50(44)70)11-13-45(43)65-28-21-52(22-29-65)19-26-64(27-20-52)33-37-17-24-66(25-18-37)48(69)35-67-34-40(32-60-67)39-8-14-46(59-31-39)62-51(71)49(38-4-2-1-3-5-38)58-23-16-36-6-9-41(10-7-36)53(55,56)57/h1-11,13-14,30-32,34,37,44,49,58,61H,12,15-29,33,35H2,(H,59,62,71)(H,63,68,70)/t44?,49-/m1/s1. The summed E-state index contributed by atoms with van der Waals surface area (Å²) in [5.41, 5.74) is 3.67. The first-order chi connectivity index (χ1) is 34.3. The quantitative estimate of drug-likeness (QED) is 0.0614. The maximum absolute atomic E-state index is 15.3. The van der Waals surface area contributed by atoms with Crippen molar-refractivity contribution in [2.75, 3.05) is 67.9 Å². The highest BCUT2D eigenvalue weighted by Crippen LogP contribution is 2.43. The van der Waals surface area contributed by atoms with E-state index in [1.807, 2.05) is 47.5 Å². The predicted molar refractivity (Wildman–Crippen MR) is 261 cm³/mol. The van der Waals surface area contributed by atoms with Gasteiger partial charge in [0.1, 0.15) is 30.3 Å². The van der Waals surface area contributed by atoms with Gasteiger partial charge in [-0.05, 0) is 129 Å². The van der Waals surface area contributed by atoms with Gasteiger partial charge in [0.25, 0.3) is 0 Å². The molecule has 1 spiro atoms. The van der Waals surface area contributed by atoms with E-state index in [2.05, 4.69) is 41.1 Å². The Labute approximate surface area is 410 Å². The van der Waals surface area contributed by atoms with E-state index in [-0.39, 0.29) is 47.8 Å². The van der Waals surface area contributed by atoms with Crippen molar-refractivity contribution in [2.24, 2.45) is 11.3 Å². The molecule has 1 unspecified atom stereocenters. The molecule has 2 atom stereocenters. The summed E-state index contributed by atoms with van der Waals surface area (Å²) in [5.74, 6) is -0.412. The first-order valence-corrected chi connectivity index (χ1v) is 24.6. The number of hydrogen-bond donors (Lipinski definition) is 4. The second kappa shape index (κ2) is 21.8. The molecule has 6 heterocycles. The lowest BCUT2D eigenvalue weighted by Gasteiger charge is -2.48. The van der Waals surface area contributed by atoms with Crippen LogP contribution in [0.3, 0.4) is 0 Å². The minimum absolute atomic E-state index is 0.0289. The molecule has 0 saturated carbocycles. The average molecular weight is 977 g/mol. The average Bonchev–Trinajstić information content (AvgIpc) is 3.84. The summed E-state index contributed by atoms with van der Waals surface area (Å²) in [6.07, 6.45) is 8.04. The molecule has 4 N–H and O–H groups in total. The van der Waals surface area contributed by atoms with Crippen LogP contribution in [0, 0.1) is 17.2 Å². The lowest BCUT2D eigenvalue weighted by Crippen LogP contribution is -2.49. The van der Waals surface area contributed by atoms with Crippen LogP contribution in [-0.4, -0.2) is 107 Å². The number of carbonyl (C=O) groups excluding carboxylic acids is 4. The van der Waals surface area contributed by atoms with Crippen molar-refractivity contribution in [1.29, 1.82) is 0 Å². The van der Waals surface area contributed by atoms with Gasteiger partial charge in [0.2, 0.25) is 23.6 Å². The summed E-state index contributed by atoms with van der Waals surface area (Å²) in [7, 11) is 0. The highest BCUT2D eigenvalue weighted by atomic mass is 19.4. The Hall–Kier alpha value is -6.66. The molecule has 18 heteroatoms. The van der Waals surface area contributed by atoms with Crippen molar-refractivity contribution in [1.82, 2.24) is 35.2 Å². The fourth-order valence-electron chi connectivity index (χ4n) is 10.5. The molecule has 5 aromatic rings. The Balaban J connectivity index is 0.684. The van der Waals surface area contributed by atoms with Crippen molar-refractivity contribution in [2.45, 2.75) is 82.6 Å². The molecule has 4 aliphatic heterocycles. The summed E-state index contributed by atoms with van der Waals surface area (Å²) >= 11 is 0. The largest absolute Gasteiger partial charge is 0.416 e.